The molecule has 0 atom stereocenters. The monoisotopic (exact) mass is 223 g/mol. The summed E-state index contributed by atoms with van der Waals surface area (Å²) in [5.41, 5.74) is 2.29. The number of oxime groups is 1. The van der Waals surface area contributed by atoms with E-state index in [4.69, 9.17) is 5.21 Å². The zero-order valence-corrected chi connectivity index (χ0v) is 8.91. The lowest BCUT2D eigenvalue weighted by Gasteiger charge is -2.02. The Labute approximate surface area is 97.2 Å². The lowest BCUT2D eigenvalue weighted by Crippen LogP contribution is -1.90. The summed E-state index contributed by atoms with van der Waals surface area (Å²) in [4.78, 5) is 8.76. The normalized spacial score (nSPS) is 11.5. The molecule has 17 heavy (non-hydrogen) atoms. The van der Waals surface area contributed by atoms with E-state index in [0.717, 1.165) is 21.8 Å². The van der Waals surface area contributed by atoms with Crippen LogP contribution in [0.1, 0.15) is 5.69 Å². The molecule has 0 aliphatic heterocycles. The van der Waals surface area contributed by atoms with Crippen LogP contribution in [0.4, 0.5) is 0 Å². The first-order valence-corrected chi connectivity index (χ1v) is 5.20. The summed E-state index contributed by atoms with van der Waals surface area (Å²) in [6, 6.07) is 11.7. The molecule has 2 heterocycles. The van der Waals surface area contributed by atoms with Gasteiger partial charge in [-0.3, -0.25) is 4.98 Å². The van der Waals surface area contributed by atoms with E-state index in [9.17, 15) is 0 Å². The number of pyridine rings is 2. The van der Waals surface area contributed by atoms with Gasteiger partial charge in [0.1, 0.15) is 0 Å². The van der Waals surface area contributed by atoms with Crippen LogP contribution in [0.15, 0.2) is 47.8 Å². The molecule has 0 saturated carbocycles. The second-order valence-corrected chi connectivity index (χ2v) is 3.69. The standard InChI is InChI=1S/C13H9N3O/c17-15-8-11-6-5-10-4-3-9-2-1-7-14-12(9)13(10)16-11/h1-8,17H. The Balaban J connectivity index is 2.42. The zero-order valence-electron chi connectivity index (χ0n) is 8.91. The summed E-state index contributed by atoms with van der Waals surface area (Å²) in [6.07, 6.45) is 3.05. The number of benzene rings is 1. The van der Waals surface area contributed by atoms with Crippen molar-refractivity contribution in [1.29, 1.82) is 0 Å². The fourth-order valence-corrected chi connectivity index (χ4v) is 1.87. The maximum atomic E-state index is 8.52. The van der Waals surface area contributed by atoms with Crippen molar-refractivity contribution in [3.8, 4) is 0 Å². The van der Waals surface area contributed by atoms with Crippen molar-refractivity contribution < 1.29 is 5.21 Å². The molecular weight excluding hydrogens is 214 g/mol. The summed E-state index contributed by atoms with van der Waals surface area (Å²) in [5, 5.41) is 13.6. The van der Waals surface area contributed by atoms with E-state index in [1.807, 2.05) is 30.3 Å². The van der Waals surface area contributed by atoms with Crippen molar-refractivity contribution >= 4 is 28.0 Å². The molecule has 0 spiro atoms. The number of aromatic nitrogens is 2. The molecule has 0 unspecified atom stereocenters. The molecule has 0 bridgehead atoms. The third-order valence-corrected chi connectivity index (χ3v) is 2.64. The molecule has 0 radical (unpaired) electrons. The van der Waals surface area contributed by atoms with Crippen LogP contribution in [0.3, 0.4) is 0 Å². The minimum atomic E-state index is 0.609. The molecule has 4 nitrogen and oxygen atoms in total. The molecule has 0 fully saturated rings. The molecule has 1 N–H and O–H groups in total. The van der Waals surface area contributed by atoms with Crippen LogP contribution < -0.4 is 0 Å². The quantitative estimate of drug-likeness (QED) is 0.298. The van der Waals surface area contributed by atoms with Gasteiger partial charge in [-0.25, -0.2) is 4.98 Å². The molecule has 3 rings (SSSR count). The Kier molecular flexibility index (Phi) is 2.19. The van der Waals surface area contributed by atoms with Gasteiger partial charge in [-0.05, 0) is 12.1 Å². The highest BCUT2D eigenvalue weighted by Crippen LogP contribution is 2.21. The number of fused-ring (bicyclic) bond motifs is 3. The maximum absolute atomic E-state index is 8.52. The van der Waals surface area contributed by atoms with Crippen LogP contribution in [-0.2, 0) is 0 Å². The highest BCUT2D eigenvalue weighted by atomic mass is 16.4. The van der Waals surface area contributed by atoms with Crippen LogP contribution in [0.2, 0.25) is 0 Å². The van der Waals surface area contributed by atoms with Gasteiger partial charge in [0.15, 0.2) is 0 Å². The van der Waals surface area contributed by atoms with Crippen LogP contribution in [0.25, 0.3) is 21.8 Å². The molecule has 82 valence electrons. The van der Waals surface area contributed by atoms with Crippen molar-refractivity contribution in [2.75, 3.05) is 0 Å². The largest absolute Gasteiger partial charge is 0.411 e. The summed E-state index contributed by atoms with van der Waals surface area (Å²) in [6.45, 7) is 0. The summed E-state index contributed by atoms with van der Waals surface area (Å²) >= 11 is 0. The Hall–Kier alpha value is -2.49. The van der Waals surface area contributed by atoms with Gasteiger partial charge in [0.05, 0.1) is 22.9 Å². The van der Waals surface area contributed by atoms with Crippen LogP contribution >= 0.6 is 0 Å². The molecule has 0 aliphatic carbocycles. The van der Waals surface area contributed by atoms with Crippen molar-refractivity contribution in [2.24, 2.45) is 5.16 Å². The maximum Gasteiger partial charge on any atom is 0.0972 e. The number of hydrogen-bond donors (Lipinski definition) is 1. The third-order valence-electron chi connectivity index (χ3n) is 2.64. The lowest BCUT2D eigenvalue weighted by atomic mass is 10.1. The second kappa shape index (κ2) is 3.83. The van der Waals surface area contributed by atoms with Crippen molar-refractivity contribution in [3.05, 3.63) is 48.3 Å². The van der Waals surface area contributed by atoms with Gasteiger partial charge in [0, 0.05) is 17.0 Å². The molecule has 3 aromatic rings. The Morgan fingerprint density at radius 3 is 2.59 bits per heavy atom. The molecule has 2 aromatic heterocycles. The first-order valence-electron chi connectivity index (χ1n) is 5.20. The number of hydrogen-bond acceptors (Lipinski definition) is 4. The molecule has 1 aromatic carbocycles. The van der Waals surface area contributed by atoms with E-state index in [1.165, 1.54) is 6.21 Å². The fourth-order valence-electron chi connectivity index (χ4n) is 1.87. The molecule has 0 saturated heterocycles. The Bertz CT molecular complexity index is 722. The third kappa shape index (κ3) is 1.59. The van der Waals surface area contributed by atoms with Crippen LogP contribution in [0.5, 0.6) is 0 Å². The molecule has 0 aliphatic rings. The molecule has 4 heteroatoms. The fraction of sp³-hybridized carbons (Fsp3) is 0. The molecule has 0 amide bonds. The zero-order chi connectivity index (χ0) is 11.7. The smallest absolute Gasteiger partial charge is 0.0972 e. The van der Waals surface area contributed by atoms with Gasteiger partial charge < -0.3 is 5.21 Å². The topological polar surface area (TPSA) is 58.4 Å². The second-order valence-electron chi connectivity index (χ2n) is 3.69. The highest BCUT2D eigenvalue weighted by molar-refractivity contribution is 6.03. The van der Waals surface area contributed by atoms with E-state index in [-0.39, 0.29) is 0 Å². The predicted molar refractivity (Wildman–Crippen MR) is 66.4 cm³/mol. The lowest BCUT2D eigenvalue weighted by molar-refractivity contribution is 0.321. The summed E-state index contributed by atoms with van der Waals surface area (Å²) in [5.74, 6) is 0. The van der Waals surface area contributed by atoms with Gasteiger partial charge in [-0.2, -0.15) is 0 Å². The van der Waals surface area contributed by atoms with E-state index in [1.54, 1.807) is 12.3 Å². The summed E-state index contributed by atoms with van der Waals surface area (Å²) in [7, 11) is 0. The minimum absolute atomic E-state index is 0.609. The van der Waals surface area contributed by atoms with Crippen molar-refractivity contribution in [3.63, 3.8) is 0 Å². The van der Waals surface area contributed by atoms with E-state index < -0.39 is 0 Å². The Morgan fingerprint density at radius 2 is 1.76 bits per heavy atom. The Morgan fingerprint density at radius 1 is 1.00 bits per heavy atom. The average Bonchev–Trinajstić information content (AvgIpc) is 2.39. The van der Waals surface area contributed by atoms with E-state index >= 15 is 0 Å². The average molecular weight is 223 g/mol. The van der Waals surface area contributed by atoms with Gasteiger partial charge in [0.25, 0.3) is 0 Å². The van der Waals surface area contributed by atoms with Crippen molar-refractivity contribution in [2.45, 2.75) is 0 Å². The minimum Gasteiger partial charge on any atom is -0.411 e. The SMILES string of the molecule is ON=Cc1ccc2ccc3cccnc3c2n1. The number of rotatable bonds is 1. The number of nitrogens with zero attached hydrogens (tertiary/aromatic N) is 3. The first kappa shape index (κ1) is 9.72. The van der Waals surface area contributed by atoms with E-state index in [0.29, 0.717) is 5.69 Å². The van der Waals surface area contributed by atoms with E-state index in [2.05, 4.69) is 15.1 Å². The van der Waals surface area contributed by atoms with Gasteiger partial charge in [0.2, 0.25) is 0 Å². The summed E-state index contributed by atoms with van der Waals surface area (Å²) < 4.78 is 0. The van der Waals surface area contributed by atoms with Crippen LogP contribution in [0, 0.1) is 0 Å². The molecular formula is C13H9N3O. The van der Waals surface area contributed by atoms with Gasteiger partial charge in [-0.15, -0.1) is 0 Å². The predicted octanol–water partition coefficient (Wildman–Crippen LogP) is 2.59. The first-order chi connectivity index (χ1) is 8.38. The van der Waals surface area contributed by atoms with Gasteiger partial charge in [-0.1, -0.05) is 29.4 Å². The van der Waals surface area contributed by atoms with Crippen LogP contribution in [-0.4, -0.2) is 21.4 Å². The highest BCUT2D eigenvalue weighted by Gasteiger charge is 2.03. The van der Waals surface area contributed by atoms with Gasteiger partial charge >= 0.3 is 0 Å². The van der Waals surface area contributed by atoms with Crippen molar-refractivity contribution in [1.82, 2.24) is 9.97 Å².